The fourth-order valence-corrected chi connectivity index (χ4v) is 2.88. The maximum Gasteiger partial charge on any atom is 0.255 e. The zero-order valence-electron chi connectivity index (χ0n) is 14.1. The van der Waals surface area contributed by atoms with Gasteiger partial charge >= 0.3 is 0 Å². The molecular weight excluding hydrogens is 392 g/mol. The Labute approximate surface area is 160 Å². The number of hydrogen-bond donors (Lipinski definition) is 2. The molecule has 0 saturated carbocycles. The molecule has 0 aliphatic rings. The second-order valence-electron chi connectivity index (χ2n) is 5.81. The minimum atomic E-state index is -0.234. The van der Waals surface area contributed by atoms with Crippen molar-refractivity contribution in [2.45, 2.75) is 6.92 Å². The maximum absolute atomic E-state index is 12.5. The summed E-state index contributed by atoms with van der Waals surface area (Å²) >= 11 is 3.35. The third-order valence-electron chi connectivity index (χ3n) is 3.86. The molecule has 0 aromatic heterocycles. The summed E-state index contributed by atoms with van der Waals surface area (Å²) < 4.78 is 0.830. The first-order chi connectivity index (χ1) is 12.5. The number of halogens is 1. The van der Waals surface area contributed by atoms with Crippen molar-refractivity contribution in [1.29, 1.82) is 0 Å². The van der Waals surface area contributed by atoms with Gasteiger partial charge in [0.25, 0.3) is 11.8 Å². The Morgan fingerprint density at radius 1 is 0.769 bits per heavy atom. The molecule has 3 aromatic carbocycles. The van der Waals surface area contributed by atoms with Crippen LogP contribution in [0.4, 0.5) is 11.4 Å². The summed E-state index contributed by atoms with van der Waals surface area (Å²) in [5, 5.41) is 5.70. The van der Waals surface area contributed by atoms with Crippen molar-refractivity contribution in [2.75, 3.05) is 10.6 Å². The van der Waals surface area contributed by atoms with Gasteiger partial charge in [-0.15, -0.1) is 0 Å². The number of hydrogen-bond acceptors (Lipinski definition) is 2. The normalized spacial score (nSPS) is 10.2. The number of amides is 2. The van der Waals surface area contributed by atoms with Crippen LogP contribution in [-0.2, 0) is 0 Å². The van der Waals surface area contributed by atoms with E-state index < -0.39 is 0 Å². The fourth-order valence-electron chi connectivity index (χ4n) is 2.48. The fraction of sp³-hybridized carbons (Fsp3) is 0.0476. The minimum absolute atomic E-state index is 0.224. The van der Waals surface area contributed by atoms with Gasteiger partial charge in [-0.3, -0.25) is 9.59 Å². The number of rotatable bonds is 4. The molecule has 0 aliphatic heterocycles. The zero-order chi connectivity index (χ0) is 18.5. The topological polar surface area (TPSA) is 58.2 Å². The lowest BCUT2D eigenvalue weighted by Crippen LogP contribution is -2.15. The predicted molar refractivity (Wildman–Crippen MR) is 108 cm³/mol. The van der Waals surface area contributed by atoms with Gasteiger partial charge in [-0.2, -0.15) is 0 Å². The molecule has 0 radical (unpaired) electrons. The van der Waals surface area contributed by atoms with E-state index in [1.165, 1.54) is 0 Å². The van der Waals surface area contributed by atoms with Crippen LogP contribution in [0.2, 0.25) is 0 Å². The molecule has 0 saturated heterocycles. The van der Waals surface area contributed by atoms with E-state index in [2.05, 4.69) is 26.6 Å². The highest BCUT2D eigenvalue weighted by atomic mass is 79.9. The molecule has 3 aromatic rings. The van der Waals surface area contributed by atoms with Crippen LogP contribution in [-0.4, -0.2) is 11.8 Å². The van der Waals surface area contributed by atoms with Crippen LogP contribution in [0.5, 0.6) is 0 Å². The van der Waals surface area contributed by atoms with Gasteiger partial charge in [0.05, 0.1) is 0 Å². The molecule has 5 heteroatoms. The van der Waals surface area contributed by atoms with Gasteiger partial charge in [-0.05, 0) is 55.0 Å². The molecule has 2 amide bonds. The average Bonchev–Trinajstić information content (AvgIpc) is 2.64. The number of carbonyl (C=O) groups excluding carboxylic acids is 2. The van der Waals surface area contributed by atoms with Crippen LogP contribution in [0.25, 0.3) is 0 Å². The zero-order valence-corrected chi connectivity index (χ0v) is 15.7. The molecule has 130 valence electrons. The quantitative estimate of drug-likeness (QED) is 0.618. The summed E-state index contributed by atoms with van der Waals surface area (Å²) in [6, 6.07) is 21.6. The van der Waals surface area contributed by atoms with E-state index in [4.69, 9.17) is 0 Å². The van der Waals surface area contributed by atoms with Crippen LogP contribution in [0, 0.1) is 6.92 Å². The summed E-state index contributed by atoms with van der Waals surface area (Å²) in [4.78, 5) is 24.8. The van der Waals surface area contributed by atoms with Crippen LogP contribution in [0.1, 0.15) is 26.3 Å². The van der Waals surface area contributed by atoms with Crippen LogP contribution >= 0.6 is 15.9 Å². The maximum atomic E-state index is 12.5. The highest BCUT2D eigenvalue weighted by Crippen LogP contribution is 2.18. The van der Waals surface area contributed by atoms with E-state index in [1.807, 2.05) is 37.3 Å². The van der Waals surface area contributed by atoms with E-state index in [0.717, 1.165) is 15.7 Å². The Hall–Kier alpha value is -2.92. The summed E-state index contributed by atoms with van der Waals surface area (Å²) in [6.07, 6.45) is 0. The second-order valence-corrected chi connectivity index (χ2v) is 6.73. The first kappa shape index (κ1) is 17.9. The lowest BCUT2D eigenvalue weighted by molar-refractivity contribution is 0.101. The molecule has 0 unspecified atom stereocenters. The van der Waals surface area contributed by atoms with Gasteiger partial charge in [0.15, 0.2) is 0 Å². The first-order valence-electron chi connectivity index (χ1n) is 8.07. The summed E-state index contributed by atoms with van der Waals surface area (Å²) in [5.74, 6) is -0.458. The molecular formula is C21H17BrN2O2. The van der Waals surface area contributed by atoms with Gasteiger partial charge in [-0.25, -0.2) is 0 Å². The monoisotopic (exact) mass is 408 g/mol. The molecule has 0 heterocycles. The van der Waals surface area contributed by atoms with Crippen molar-refractivity contribution in [3.63, 3.8) is 0 Å². The molecule has 0 fully saturated rings. The predicted octanol–water partition coefficient (Wildman–Crippen LogP) is 5.26. The lowest BCUT2D eigenvalue weighted by Gasteiger charge is -2.10. The second kappa shape index (κ2) is 7.97. The van der Waals surface area contributed by atoms with Crippen molar-refractivity contribution in [3.8, 4) is 0 Å². The Bertz CT molecular complexity index is 969. The summed E-state index contributed by atoms with van der Waals surface area (Å²) in [5.41, 5.74) is 3.32. The standard InChI is InChI=1S/C21H17BrN2O2/c1-14-6-2-3-11-19(14)24-21(26)16-8-5-10-18(13-16)23-20(25)15-7-4-9-17(22)12-15/h2-13H,1H3,(H,23,25)(H,24,26). The van der Waals surface area contributed by atoms with Gasteiger partial charge < -0.3 is 10.6 Å². The highest BCUT2D eigenvalue weighted by molar-refractivity contribution is 9.10. The van der Waals surface area contributed by atoms with Crippen molar-refractivity contribution in [2.24, 2.45) is 0 Å². The number of para-hydroxylation sites is 1. The average molecular weight is 409 g/mol. The Morgan fingerprint density at radius 3 is 2.15 bits per heavy atom. The Morgan fingerprint density at radius 2 is 1.42 bits per heavy atom. The van der Waals surface area contributed by atoms with Crippen LogP contribution in [0.3, 0.4) is 0 Å². The number of benzene rings is 3. The first-order valence-corrected chi connectivity index (χ1v) is 8.86. The van der Waals surface area contributed by atoms with E-state index in [1.54, 1.807) is 42.5 Å². The number of carbonyl (C=O) groups is 2. The third-order valence-corrected chi connectivity index (χ3v) is 4.36. The van der Waals surface area contributed by atoms with Crippen LogP contribution in [0.15, 0.2) is 77.3 Å². The van der Waals surface area contributed by atoms with Crippen molar-refractivity contribution >= 4 is 39.1 Å². The number of anilines is 2. The van der Waals surface area contributed by atoms with E-state index in [9.17, 15) is 9.59 Å². The largest absolute Gasteiger partial charge is 0.322 e. The van der Waals surface area contributed by atoms with Crippen LogP contribution < -0.4 is 10.6 Å². The van der Waals surface area contributed by atoms with Crippen molar-refractivity contribution < 1.29 is 9.59 Å². The van der Waals surface area contributed by atoms with Gasteiger partial charge in [0.1, 0.15) is 0 Å². The smallest absolute Gasteiger partial charge is 0.255 e. The summed E-state index contributed by atoms with van der Waals surface area (Å²) in [7, 11) is 0. The molecule has 0 aliphatic carbocycles. The molecule has 2 N–H and O–H groups in total. The third kappa shape index (κ3) is 4.37. The minimum Gasteiger partial charge on any atom is -0.322 e. The van der Waals surface area contributed by atoms with E-state index >= 15 is 0 Å². The van der Waals surface area contributed by atoms with Gasteiger partial charge in [0, 0.05) is 27.0 Å². The highest BCUT2D eigenvalue weighted by Gasteiger charge is 2.10. The van der Waals surface area contributed by atoms with Crippen molar-refractivity contribution in [1.82, 2.24) is 0 Å². The Kier molecular flexibility index (Phi) is 5.49. The van der Waals surface area contributed by atoms with E-state index in [0.29, 0.717) is 16.8 Å². The molecule has 3 rings (SSSR count). The SMILES string of the molecule is Cc1ccccc1NC(=O)c1cccc(NC(=O)c2cccc(Br)c2)c1. The Balaban J connectivity index is 1.74. The molecule has 0 bridgehead atoms. The molecule has 26 heavy (non-hydrogen) atoms. The van der Waals surface area contributed by atoms with E-state index in [-0.39, 0.29) is 11.8 Å². The molecule has 4 nitrogen and oxygen atoms in total. The number of aryl methyl sites for hydroxylation is 1. The molecule has 0 spiro atoms. The van der Waals surface area contributed by atoms with Gasteiger partial charge in [0.2, 0.25) is 0 Å². The number of nitrogens with one attached hydrogen (secondary N) is 2. The lowest BCUT2D eigenvalue weighted by atomic mass is 10.1. The molecule has 0 atom stereocenters. The van der Waals surface area contributed by atoms with Gasteiger partial charge in [-0.1, -0.05) is 46.3 Å². The summed E-state index contributed by atoms with van der Waals surface area (Å²) in [6.45, 7) is 1.93. The van der Waals surface area contributed by atoms with Crippen molar-refractivity contribution in [3.05, 3.63) is 94.0 Å².